The molecule has 0 heterocycles. The van der Waals surface area contributed by atoms with Crippen molar-refractivity contribution in [3.05, 3.63) is 70.1 Å². The molecule has 0 spiro atoms. The van der Waals surface area contributed by atoms with E-state index in [9.17, 15) is 4.39 Å². The summed E-state index contributed by atoms with van der Waals surface area (Å²) < 4.78 is 12.2. The zero-order chi connectivity index (χ0) is 21.9. The van der Waals surface area contributed by atoms with E-state index >= 15 is 0 Å². The van der Waals surface area contributed by atoms with Gasteiger partial charge in [0.1, 0.15) is 5.82 Å². The largest absolute Gasteiger partial charge is 0.372 e. The Morgan fingerprint density at radius 1 is 1.25 bits per heavy atom. The first-order valence-corrected chi connectivity index (χ1v) is 10.0. The maximum Gasteiger partial charge on any atom is 0.204 e. The molecule has 0 saturated heterocycles. The van der Waals surface area contributed by atoms with Crippen LogP contribution in [0.15, 0.2) is 58.8 Å². The Labute approximate surface area is 179 Å². The van der Waals surface area contributed by atoms with Crippen molar-refractivity contribution < 1.29 is 9.18 Å². The summed E-state index contributed by atoms with van der Waals surface area (Å²) in [6.45, 7) is 13.8. The minimum absolute atomic E-state index is 0.162. The lowest BCUT2D eigenvalue weighted by atomic mass is 10.2. The van der Waals surface area contributed by atoms with E-state index in [-0.39, 0.29) is 12.2 Å². The van der Waals surface area contributed by atoms with Gasteiger partial charge >= 0.3 is 0 Å². The second-order valence-electron chi connectivity index (χ2n) is 5.81. The topological polar surface area (TPSA) is 46.3 Å². The molecule has 0 aliphatic carbocycles. The smallest absolute Gasteiger partial charge is 0.204 e. The molecule has 0 bridgehead atoms. The van der Waals surface area contributed by atoms with Gasteiger partial charge in [-0.1, -0.05) is 68.3 Å². The molecular weight excluding hydrogens is 398 g/mol. The van der Waals surface area contributed by atoms with Gasteiger partial charge < -0.3 is 10.6 Å². The molecule has 0 aliphatic heterocycles. The van der Waals surface area contributed by atoms with E-state index in [4.69, 9.17) is 28.0 Å². The Hall–Kier alpha value is -1.78. The number of aryl methyl sites for hydroxylation is 1. The predicted molar refractivity (Wildman–Crippen MR) is 121 cm³/mol. The van der Waals surface area contributed by atoms with Crippen LogP contribution in [0, 0.1) is 12.7 Å². The van der Waals surface area contributed by atoms with Crippen LogP contribution in [0.1, 0.15) is 45.6 Å². The number of allylic oxidation sites excluding steroid dienone is 4. The van der Waals surface area contributed by atoms with Crippen LogP contribution < -0.4 is 5.73 Å². The summed E-state index contributed by atoms with van der Waals surface area (Å²) in [5, 5.41) is 1.32. The summed E-state index contributed by atoms with van der Waals surface area (Å²) in [7, 11) is 0. The number of primary amides is 1. The summed E-state index contributed by atoms with van der Waals surface area (Å²) in [5.41, 5.74) is 6.03. The number of carbonyl (C=O) groups excluding carboxylic acids is 1. The Balaban J connectivity index is 0. The Kier molecular flexibility index (Phi) is 18.9. The van der Waals surface area contributed by atoms with Crippen LogP contribution in [-0.2, 0) is 4.79 Å². The standard InChI is InChI=1S/C14H23Cl2N.C7H7F.CH3NO/c1-5-9-11-17(10-6-2)14(12(15)7-3)13(16)8-4;1-6-3-2-4-7(8)5-6;2-1-3/h7-8H,3,5-6,9-11H2,1-2,4H3;2-5H,1H3;1H,(H2,2,3)/b13-8+,14-12-;;. The first-order valence-electron chi connectivity index (χ1n) is 9.29. The second-order valence-corrected chi connectivity index (χ2v) is 6.63. The molecule has 1 aromatic rings. The number of nitrogens with two attached hydrogens (primary N) is 1. The first-order chi connectivity index (χ1) is 13.3. The number of hydrogen-bond acceptors (Lipinski definition) is 2. The van der Waals surface area contributed by atoms with E-state index in [0.29, 0.717) is 10.1 Å². The van der Waals surface area contributed by atoms with Crippen molar-refractivity contribution in [2.75, 3.05) is 13.1 Å². The maximum absolute atomic E-state index is 12.2. The molecule has 2 N–H and O–H groups in total. The van der Waals surface area contributed by atoms with Crippen LogP contribution in [0.5, 0.6) is 0 Å². The van der Waals surface area contributed by atoms with E-state index in [1.54, 1.807) is 12.1 Å². The number of unbranched alkanes of at least 4 members (excludes halogenated alkanes) is 1. The van der Waals surface area contributed by atoms with Crippen molar-refractivity contribution in [2.45, 2.75) is 47.0 Å². The highest BCUT2D eigenvalue weighted by Gasteiger charge is 2.14. The van der Waals surface area contributed by atoms with E-state index in [1.807, 2.05) is 26.0 Å². The number of halogens is 3. The van der Waals surface area contributed by atoms with Gasteiger partial charge in [-0.3, -0.25) is 4.79 Å². The molecule has 0 aromatic heterocycles. The van der Waals surface area contributed by atoms with E-state index < -0.39 is 0 Å². The van der Waals surface area contributed by atoms with Crippen LogP contribution in [0.4, 0.5) is 4.39 Å². The number of amides is 1. The molecule has 3 nitrogen and oxygen atoms in total. The highest BCUT2D eigenvalue weighted by Crippen LogP contribution is 2.26. The molecule has 0 saturated carbocycles. The second kappa shape index (κ2) is 18.6. The maximum atomic E-state index is 12.2. The van der Waals surface area contributed by atoms with Gasteiger partial charge in [0.2, 0.25) is 6.41 Å². The predicted octanol–water partition coefficient (Wildman–Crippen LogP) is 6.51. The van der Waals surface area contributed by atoms with Gasteiger partial charge in [-0.25, -0.2) is 4.39 Å². The van der Waals surface area contributed by atoms with E-state index in [0.717, 1.165) is 43.6 Å². The summed E-state index contributed by atoms with van der Waals surface area (Å²) in [5.74, 6) is -0.162. The first kappa shape index (κ1) is 28.4. The van der Waals surface area contributed by atoms with Crippen molar-refractivity contribution in [3.63, 3.8) is 0 Å². The lowest BCUT2D eigenvalue weighted by Gasteiger charge is -2.27. The normalized spacial score (nSPS) is 11.2. The van der Waals surface area contributed by atoms with E-state index in [1.165, 1.54) is 12.1 Å². The van der Waals surface area contributed by atoms with Gasteiger partial charge in [0.15, 0.2) is 0 Å². The third kappa shape index (κ3) is 13.4. The highest BCUT2D eigenvalue weighted by atomic mass is 35.5. The molecule has 28 heavy (non-hydrogen) atoms. The van der Waals surface area contributed by atoms with Crippen LogP contribution >= 0.6 is 23.2 Å². The Morgan fingerprint density at radius 2 is 1.86 bits per heavy atom. The fourth-order valence-corrected chi connectivity index (χ4v) is 2.70. The number of benzene rings is 1. The molecule has 0 unspecified atom stereocenters. The van der Waals surface area contributed by atoms with Crippen LogP contribution in [0.2, 0.25) is 0 Å². The molecule has 158 valence electrons. The summed E-state index contributed by atoms with van der Waals surface area (Å²) in [4.78, 5) is 10.8. The van der Waals surface area contributed by atoms with Crippen molar-refractivity contribution >= 4 is 29.6 Å². The molecule has 1 amide bonds. The van der Waals surface area contributed by atoms with Crippen LogP contribution in [-0.4, -0.2) is 24.4 Å². The Bertz CT molecular complexity index is 613. The van der Waals surface area contributed by atoms with Crippen LogP contribution in [0.3, 0.4) is 0 Å². The SMILES string of the molecule is C=C/C(Cl)=C(\C(Cl)=C/C)N(CCC)CCCC.Cc1cccc(F)c1.NC=O. The summed E-state index contributed by atoms with van der Waals surface area (Å²) in [6, 6.07) is 6.50. The number of nitrogens with zero attached hydrogens (tertiary/aromatic N) is 1. The van der Waals surface area contributed by atoms with Crippen molar-refractivity contribution in [1.82, 2.24) is 4.90 Å². The van der Waals surface area contributed by atoms with Gasteiger partial charge in [-0.05, 0) is 50.5 Å². The van der Waals surface area contributed by atoms with Gasteiger partial charge in [0.25, 0.3) is 0 Å². The lowest BCUT2D eigenvalue weighted by molar-refractivity contribution is -0.106. The molecule has 0 aliphatic rings. The molecule has 0 atom stereocenters. The minimum atomic E-state index is -0.162. The molecule has 0 radical (unpaired) electrons. The average Bonchev–Trinajstić information content (AvgIpc) is 2.66. The fourth-order valence-electron chi connectivity index (χ4n) is 2.21. The molecule has 1 rings (SSSR count). The average molecular weight is 431 g/mol. The van der Waals surface area contributed by atoms with Gasteiger partial charge in [-0.15, -0.1) is 0 Å². The van der Waals surface area contributed by atoms with Crippen molar-refractivity contribution in [3.8, 4) is 0 Å². The summed E-state index contributed by atoms with van der Waals surface area (Å²) >= 11 is 12.5. The highest BCUT2D eigenvalue weighted by molar-refractivity contribution is 6.36. The fraction of sp³-hybridized carbons (Fsp3) is 0.409. The number of hydrogen-bond donors (Lipinski definition) is 1. The monoisotopic (exact) mass is 430 g/mol. The zero-order valence-corrected chi connectivity index (χ0v) is 18.9. The molecular formula is C22H33Cl2FN2O. The third-order valence-corrected chi connectivity index (χ3v) is 4.19. The third-order valence-electron chi connectivity index (χ3n) is 3.46. The Morgan fingerprint density at radius 3 is 2.21 bits per heavy atom. The minimum Gasteiger partial charge on any atom is -0.372 e. The quantitative estimate of drug-likeness (QED) is 0.377. The summed E-state index contributed by atoms with van der Waals surface area (Å²) in [6.07, 6.45) is 7.14. The van der Waals surface area contributed by atoms with Gasteiger partial charge in [0.05, 0.1) is 15.8 Å². The lowest BCUT2D eigenvalue weighted by Crippen LogP contribution is -2.26. The van der Waals surface area contributed by atoms with Crippen LogP contribution in [0.25, 0.3) is 0 Å². The number of carbonyl (C=O) groups is 1. The molecule has 6 heteroatoms. The van der Waals surface area contributed by atoms with E-state index in [2.05, 4.69) is 31.1 Å². The van der Waals surface area contributed by atoms with Crippen molar-refractivity contribution in [1.29, 1.82) is 0 Å². The van der Waals surface area contributed by atoms with Gasteiger partial charge in [0, 0.05) is 13.1 Å². The number of rotatable bonds is 8. The molecule has 1 aromatic carbocycles. The van der Waals surface area contributed by atoms with Gasteiger partial charge in [-0.2, -0.15) is 0 Å². The van der Waals surface area contributed by atoms with Crippen molar-refractivity contribution in [2.24, 2.45) is 5.73 Å². The zero-order valence-electron chi connectivity index (χ0n) is 17.4. The molecule has 0 fully saturated rings.